The van der Waals surface area contributed by atoms with Crippen LogP contribution in [0.15, 0.2) is 47.5 Å². The number of pyridine rings is 1. The second-order valence-corrected chi connectivity index (χ2v) is 5.80. The lowest BCUT2D eigenvalue weighted by Gasteiger charge is -2.08. The third kappa shape index (κ3) is 3.28. The molecule has 0 fully saturated rings. The summed E-state index contributed by atoms with van der Waals surface area (Å²) in [5.74, 6) is -0.470. The summed E-state index contributed by atoms with van der Waals surface area (Å²) in [5, 5.41) is -0.122. The highest BCUT2D eigenvalue weighted by atomic mass is 35.5. The minimum Gasteiger partial charge on any atom is -0.243 e. The van der Waals surface area contributed by atoms with E-state index in [1.165, 1.54) is 36.5 Å². The van der Waals surface area contributed by atoms with Crippen LogP contribution in [0.1, 0.15) is 5.56 Å². The second kappa shape index (κ2) is 5.64. The van der Waals surface area contributed by atoms with Gasteiger partial charge in [-0.2, -0.15) is 0 Å². The van der Waals surface area contributed by atoms with Crippen LogP contribution in [-0.4, -0.2) is 13.4 Å². The summed E-state index contributed by atoms with van der Waals surface area (Å²) in [6.45, 7) is -0.153. The largest absolute Gasteiger partial charge is 0.243 e. The molecule has 2 aromatic rings. The Morgan fingerprint density at radius 1 is 1.21 bits per heavy atom. The van der Waals surface area contributed by atoms with E-state index in [0.29, 0.717) is 0 Å². The van der Waals surface area contributed by atoms with Gasteiger partial charge in [0.15, 0.2) is 0 Å². The maximum Gasteiger partial charge on any atom is 0.243 e. The Bertz CT molecular complexity index is 692. The molecule has 100 valence electrons. The molecule has 4 nitrogen and oxygen atoms in total. The van der Waals surface area contributed by atoms with Crippen LogP contribution in [-0.2, 0) is 16.6 Å². The number of benzene rings is 1. The maximum absolute atomic E-state index is 13.4. The number of nitrogens with one attached hydrogen (secondary N) is 1. The van der Waals surface area contributed by atoms with Crippen molar-refractivity contribution in [2.45, 2.75) is 11.4 Å². The van der Waals surface area contributed by atoms with Crippen LogP contribution in [0.3, 0.4) is 0 Å². The molecule has 0 amide bonds. The topological polar surface area (TPSA) is 59.1 Å². The molecule has 0 bridgehead atoms. The zero-order chi connectivity index (χ0) is 13.9. The Labute approximate surface area is 115 Å². The van der Waals surface area contributed by atoms with Gasteiger partial charge in [0, 0.05) is 18.3 Å². The zero-order valence-electron chi connectivity index (χ0n) is 9.68. The average molecular weight is 301 g/mol. The third-order valence-corrected chi connectivity index (χ3v) is 4.27. The molecule has 7 heteroatoms. The van der Waals surface area contributed by atoms with Crippen molar-refractivity contribution in [2.24, 2.45) is 0 Å². The van der Waals surface area contributed by atoms with Crippen molar-refractivity contribution in [3.63, 3.8) is 0 Å². The molecule has 0 saturated carbocycles. The summed E-state index contributed by atoms with van der Waals surface area (Å²) in [6, 6.07) is 8.72. The van der Waals surface area contributed by atoms with Crippen molar-refractivity contribution in [1.82, 2.24) is 9.71 Å². The Balaban J connectivity index is 2.20. The maximum atomic E-state index is 13.4. The fraction of sp³-hybridized carbons (Fsp3) is 0.0833. The highest BCUT2D eigenvalue weighted by Gasteiger charge is 2.18. The van der Waals surface area contributed by atoms with E-state index in [1.54, 1.807) is 6.07 Å². The highest BCUT2D eigenvalue weighted by molar-refractivity contribution is 7.89. The summed E-state index contributed by atoms with van der Waals surface area (Å²) in [6.07, 6.45) is 1.39. The molecular weight excluding hydrogens is 291 g/mol. The van der Waals surface area contributed by atoms with Crippen molar-refractivity contribution in [2.75, 3.05) is 0 Å². The quantitative estimate of drug-likeness (QED) is 0.882. The van der Waals surface area contributed by atoms with Crippen LogP contribution >= 0.6 is 11.6 Å². The molecule has 0 aliphatic rings. The van der Waals surface area contributed by atoms with Gasteiger partial charge in [0.1, 0.15) is 15.9 Å². The number of aromatic nitrogens is 1. The van der Waals surface area contributed by atoms with Gasteiger partial charge in [-0.25, -0.2) is 22.5 Å². The van der Waals surface area contributed by atoms with E-state index >= 15 is 0 Å². The lowest BCUT2D eigenvalue weighted by molar-refractivity contribution is 0.574. The Morgan fingerprint density at radius 2 is 1.95 bits per heavy atom. The van der Waals surface area contributed by atoms with E-state index in [-0.39, 0.29) is 22.2 Å². The van der Waals surface area contributed by atoms with Crippen LogP contribution in [0.25, 0.3) is 0 Å². The van der Waals surface area contributed by atoms with Crippen molar-refractivity contribution in [3.05, 3.63) is 59.1 Å². The molecule has 1 heterocycles. The lowest BCUT2D eigenvalue weighted by atomic mass is 10.2. The first-order valence-electron chi connectivity index (χ1n) is 5.34. The molecule has 19 heavy (non-hydrogen) atoms. The molecule has 2 rings (SSSR count). The molecule has 0 radical (unpaired) electrons. The zero-order valence-corrected chi connectivity index (χ0v) is 11.2. The lowest BCUT2D eigenvalue weighted by Crippen LogP contribution is -2.24. The highest BCUT2D eigenvalue weighted by Crippen LogP contribution is 2.18. The molecule has 1 aromatic heterocycles. The van der Waals surface area contributed by atoms with E-state index in [0.717, 1.165) is 0 Å². The van der Waals surface area contributed by atoms with E-state index in [4.69, 9.17) is 11.6 Å². The summed E-state index contributed by atoms with van der Waals surface area (Å²) in [4.78, 5) is 3.56. The van der Waals surface area contributed by atoms with Crippen LogP contribution in [0, 0.1) is 5.82 Å². The normalized spacial score (nSPS) is 11.5. The SMILES string of the molecule is O=S(=O)(NCc1ccccc1F)c1cccnc1Cl. The molecule has 0 spiro atoms. The van der Waals surface area contributed by atoms with Gasteiger partial charge < -0.3 is 0 Å². The average Bonchev–Trinajstić information content (AvgIpc) is 2.38. The number of sulfonamides is 1. The smallest absolute Gasteiger partial charge is 0.243 e. The minimum atomic E-state index is -3.82. The van der Waals surface area contributed by atoms with Crippen molar-refractivity contribution in [1.29, 1.82) is 0 Å². The van der Waals surface area contributed by atoms with Gasteiger partial charge in [-0.1, -0.05) is 29.8 Å². The molecule has 0 aliphatic carbocycles. The molecule has 0 aliphatic heterocycles. The predicted molar refractivity (Wildman–Crippen MR) is 69.7 cm³/mol. The van der Waals surface area contributed by atoms with E-state index in [9.17, 15) is 12.8 Å². The summed E-state index contributed by atoms with van der Waals surface area (Å²) < 4.78 is 39.6. The summed E-state index contributed by atoms with van der Waals surface area (Å²) in [5.41, 5.74) is 0.256. The first-order valence-corrected chi connectivity index (χ1v) is 7.20. The van der Waals surface area contributed by atoms with Gasteiger partial charge in [-0.15, -0.1) is 0 Å². The first kappa shape index (κ1) is 13.9. The number of nitrogens with zero attached hydrogens (tertiary/aromatic N) is 1. The van der Waals surface area contributed by atoms with Gasteiger partial charge in [-0.3, -0.25) is 0 Å². The Kier molecular flexibility index (Phi) is 4.14. The first-order chi connectivity index (χ1) is 9.00. The van der Waals surface area contributed by atoms with Gasteiger partial charge in [0.25, 0.3) is 0 Å². The number of hydrogen-bond donors (Lipinski definition) is 1. The molecule has 0 atom stereocenters. The van der Waals surface area contributed by atoms with Gasteiger partial charge in [-0.05, 0) is 18.2 Å². The third-order valence-electron chi connectivity index (χ3n) is 2.42. The predicted octanol–water partition coefficient (Wildman–Crippen LogP) is 2.35. The van der Waals surface area contributed by atoms with E-state index in [2.05, 4.69) is 9.71 Å². The molecule has 0 saturated heterocycles. The van der Waals surface area contributed by atoms with Gasteiger partial charge in [0.05, 0.1) is 0 Å². The summed E-state index contributed by atoms with van der Waals surface area (Å²) in [7, 11) is -3.82. The van der Waals surface area contributed by atoms with Gasteiger partial charge >= 0.3 is 0 Å². The van der Waals surface area contributed by atoms with Gasteiger partial charge in [0.2, 0.25) is 10.0 Å². The number of halogens is 2. The van der Waals surface area contributed by atoms with Crippen molar-refractivity contribution < 1.29 is 12.8 Å². The second-order valence-electron chi connectivity index (χ2n) is 3.71. The standard InChI is InChI=1S/C12H10ClFN2O2S/c13-12-11(6-3-7-15-12)19(17,18)16-8-9-4-1-2-5-10(9)14/h1-7,16H,8H2. The van der Waals surface area contributed by atoms with Crippen LogP contribution < -0.4 is 4.72 Å². The fourth-order valence-electron chi connectivity index (χ4n) is 1.46. The number of rotatable bonds is 4. The van der Waals surface area contributed by atoms with Crippen molar-refractivity contribution >= 4 is 21.6 Å². The molecular formula is C12H10ClFN2O2S. The summed E-state index contributed by atoms with van der Waals surface area (Å²) >= 11 is 5.72. The Morgan fingerprint density at radius 3 is 2.63 bits per heavy atom. The van der Waals surface area contributed by atoms with Crippen LogP contribution in [0.2, 0.25) is 5.15 Å². The van der Waals surface area contributed by atoms with E-state index in [1.807, 2.05) is 0 Å². The fourth-order valence-corrected chi connectivity index (χ4v) is 2.92. The van der Waals surface area contributed by atoms with Crippen LogP contribution in [0.5, 0.6) is 0 Å². The number of hydrogen-bond acceptors (Lipinski definition) is 3. The molecule has 1 aromatic carbocycles. The minimum absolute atomic E-state index is 0.122. The van der Waals surface area contributed by atoms with E-state index < -0.39 is 15.8 Å². The molecule has 0 unspecified atom stereocenters. The Hall–Kier alpha value is -1.50. The van der Waals surface area contributed by atoms with Crippen LogP contribution in [0.4, 0.5) is 4.39 Å². The monoisotopic (exact) mass is 300 g/mol. The van der Waals surface area contributed by atoms with Crippen molar-refractivity contribution in [3.8, 4) is 0 Å². The molecule has 1 N–H and O–H groups in total.